The number of benzene rings is 1. The van der Waals surface area contributed by atoms with Crippen LogP contribution in [0.4, 0.5) is 8.78 Å². The molecule has 2 nitrogen and oxygen atoms in total. The summed E-state index contributed by atoms with van der Waals surface area (Å²) in [6, 6.07) is 8.49. The highest BCUT2D eigenvalue weighted by atomic mass is 19.3. The van der Waals surface area contributed by atoms with E-state index in [-0.39, 0.29) is 0 Å². The average Bonchev–Trinajstić information content (AvgIpc) is 2.48. The van der Waals surface area contributed by atoms with E-state index in [1.807, 2.05) is 7.11 Å². The molecule has 1 aromatic carbocycles. The zero-order valence-corrected chi connectivity index (χ0v) is 11.6. The van der Waals surface area contributed by atoms with E-state index in [0.717, 1.165) is 5.75 Å². The van der Waals surface area contributed by atoms with Crippen molar-refractivity contribution in [2.45, 2.75) is 37.7 Å². The lowest BCUT2D eigenvalue weighted by molar-refractivity contribution is 0.0658. The molecule has 0 bridgehead atoms. The topological polar surface area (TPSA) is 18.5 Å². The molecule has 0 aromatic heterocycles. The Kier molecular flexibility index (Phi) is 7.41. The van der Waals surface area contributed by atoms with E-state index in [4.69, 9.17) is 9.47 Å². The summed E-state index contributed by atoms with van der Waals surface area (Å²) in [6.45, 7) is -1.75. The molecule has 108 valence electrons. The second-order valence-corrected chi connectivity index (χ2v) is 4.58. The Balaban J connectivity index is 0.000000550. The molecule has 0 atom stereocenters. The lowest BCUT2D eigenvalue weighted by atomic mass is 9.83. The maximum atomic E-state index is 9.62. The van der Waals surface area contributed by atoms with Gasteiger partial charge in [-0.25, -0.2) is 8.78 Å². The van der Waals surface area contributed by atoms with Crippen molar-refractivity contribution in [2.24, 2.45) is 0 Å². The van der Waals surface area contributed by atoms with Gasteiger partial charge in [-0.2, -0.15) is 0 Å². The Morgan fingerprint density at radius 2 is 1.53 bits per heavy atom. The fourth-order valence-corrected chi connectivity index (χ4v) is 2.51. The van der Waals surface area contributed by atoms with Crippen molar-refractivity contribution in [3.8, 4) is 5.75 Å². The van der Waals surface area contributed by atoms with Crippen molar-refractivity contribution in [3.05, 3.63) is 29.8 Å². The molecule has 0 saturated heterocycles. The van der Waals surface area contributed by atoms with Crippen molar-refractivity contribution < 1.29 is 18.3 Å². The Labute approximate surface area is 113 Å². The van der Waals surface area contributed by atoms with Gasteiger partial charge in [0.2, 0.25) is 6.93 Å². The van der Waals surface area contributed by atoms with Gasteiger partial charge in [0.05, 0.1) is 13.2 Å². The first-order chi connectivity index (χ1) is 9.24. The molecule has 1 saturated carbocycles. The summed E-state index contributed by atoms with van der Waals surface area (Å²) in [4.78, 5) is 0. The minimum absolute atomic E-state index is 0.481. The third-order valence-corrected chi connectivity index (χ3v) is 3.59. The normalized spacial score (nSPS) is 22.3. The Hall–Kier alpha value is -1.16. The number of rotatable bonds is 3. The highest BCUT2D eigenvalue weighted by Gasteiger charge is 2.21. The van der Waals surface area contributed by atoms with E-state index in [1.165, 1.54) is 31.2 Å². The van der Waals surface area contributed by atoms with E-state index in [9.17, 15) is 8.78 Å². The van der Waals surface area contributed by atoms with E-state index in [2.05, 4.69) is 24.3 Å². The highest BCUT2D eigenvalue weighted by molar-refractivity contribution is 5.29. The number of methoxy groups -OCH3 is 2. The maximum absolute atomic E-state index is 9.62. The third-order valence-electron chi connectivity index (χ3n) is 3.59. The van der Waals surface area contributed by atoms with Gasteiger partial charge in [-0.05, 0) is 49.3 Å². The Morgan fingerprint density at radius 1 is 1.00 bits per heavy atom. The fraction of sp³-hybridized carbons (Fsp3) is 0.600. The molecule has 1 aliphatic carbocycles. The standard InChI is InChI=1S/C14H20O2.CH2F2/c1-15-13-7-3-11(4-8-13)12-5-9-14(16-2)10-6-12;2-1-3/h3-4,7-8,12,14H,5-6,9-10H2,1-2H3;1H2. The molecular weight excluding hydrogens is 250 g/mol. The number of halogens is 2. The van der Waals surface area contributed by atoms with Gasteiger partial charge in [0, 0.05) is 7.11 Å². The van der Waals surface area contributed by atoms with Gasteiger partial charge in [0.25, 0.3) is 0 Å². The van der Waals surface area contributed by atoms with Crippen LogP contribution >= 0.6 is 0 Å². The first-order valence-corrected chi connectivity index (χ1v) is 6.53. The highest BCUT2D eigenvalue weighted by Crippen LogP contribution is 2.34. The number of ether oxygens (including phenoxy) is 2. The lowest BCUT2D eigenvalue weighted by Crippen LogP contribution is -2.19. The molecule has 1 fully saturated rings. The van der Waals surface area contributed by atoms with Gasteiger partial charge in [-0.3, -0.25) is 0 Å². The van der Waals surface area contributed by atoms with Crippen LogP contribution in [0, 0.1) is 0 Å². The minimum Gasteiger partial charge on any atom is -0.497 e. The zero-order valence-electron chi connectivity index (χ0n) is 11.6. The monoisotopic (exact) mass is 272 g/mol. The van der Waals surface area contributed by atoms with Crippen molar-refractivity contribution in [3.63, 3.8) is 0 Å². The quantitative estimate of drug-likeness (QED) is 0.819. The molecule has 1 aliphatic rings. The van der Waals surface area contributed by atoms with Gasteiger partial charge in [-0.15, -0.1) is 0 Å². The summed E-state index contributed by atoms with van der Waals surface area (Å²) < 4.78 is 29.8. The van der Waals surface area contributed by atoms with Crippen LogP contribution in [-0.2, 0) is 4.74 Å². The number of hydrogen-bond acceptors (Lipinski definition) is 2. The van der Waals surface area contributed by atoms with E-state index in [0.29, 0.717) is 12.0 Å². The average molecular weight is 272 g/mol. The molecule has 0 heterocycles. The fourth-order valence-electron chi connectivity index (χ4n) is 2.51. The summed E-state index contributed by atoms with van der Waals surface area (Å²) in [5.74, 6) is 1.65. The van der Waals surface area contributed by atoms with Crippen LogP contribution in [0.3, 0.4) is 0 Å². The summed E-state index contributed by atoms with van der Waals surface area (Å²) in [7, 11) is 3.52. The largest absolute Gasteiger partial charge is 0.497 e. The molecular formula is C15H22F2O2. The summed E-state index contributed by atoms with van der Waals surface area (Å²) in [5, 5.41) is 0. The van der Waals surface area contributed by atoms with Crippen molar-refractivity contribution in [2.75, 3.05) is 21.1 Å². The van der Waals surface area contributed by atoms with Crippen LogP contribution in [0.25, 0.3) is 0 Å². The first kappa shape index (κ1) is 15.9. The Bertz CT molecular complexity index is 333. The molecule has 0 unspecified atom stereocenters. The molecule has 19 heavy (non-hydrogen) atoms. The first-order valence-electron chi connectivity index (χ1n) is 6.53. The van der Waals surface area contributed by atoms with Crippen LogP contribution in [0.15, 0.2) is 24.3 Å². The second kappa shape index (κ2) is 8.86. The predicted octanol–water partition coefficient (Wildman–Crippen LogP) is 4.25. The minimum atomic E-state index is -1.75. The van der Waals surface area contributed by atoms with E-state index < -0.39 is 6.93 Å². The van der Waals surface area contributed by atoms with Gasteiger partial charge in [0.15, 0.2) is 0 Å². The molecule has 0 spiro atoms. The molecule has 4 heteroatoms. The number of hydrogen-bond donors (Lipinski definition) is 0. The van der Waals surface area contributed by atoms with E-state index >= 15 is 0 Å². The van der Waals surface area contributed by atoms with Crippen LogP contribution in [0.2, 0.25) is 0 Å². The predicted molar refractivity (Wildman–Crippen MR) is 72.1 cm³/mol. The second-order valence-electron chi connectivity index (χ2n) is 4.58. The van der Waals surface area contributed by atoms with E-state index in [1.54, 1.807) is 7.11 Å². The SMILES string of the molecule is COc1ccc(C2CCC(OC)CC2)cc1.FCF. The number of alkyl halides is 2. The molecule has 0 amide bonds. The van der Waals surface area contributed by atoms with Gasteiger partial charge >= 0.3 is 0 Å². The third kappa shape index (κ3) is 5.15. The van der Waals surface area contributed by atoms with Crippen LogP contribution < -0.4 is 4.74 Å². The molecule has 2 rings (SSSR count). The lowest BCUT2D eigenvalue weighted by Gasteiger charge is -2.27. The summed E-state index contributed by atoms with van der Waals surface area (Å²) >= 11 is 0. The molecule has 0 N–H and O–H groups in total. The maximum Gasteiger partial charge on any atom is 0.229 e. The molecule has 1 aromatic rings. The van der Waals surface area contributed by atoms with Crippen molar-refractivity contribution in [1.29, 1.82) is 0 Å². The summed E-state index contributed by atoms with van der Waals surface area (Å²) in [5.41, 5.74) is 1.44. The molecule has 0 radical (unpaired) electrons. The van der Waals surface area contributed by atoms with Gasteiger partial charge in [-0.1, -0.05) is 12.1 Å². The smallest absolute Gasteiger partial charge is 0.229 e. The zero-order chi connectivity index (χ0) is 14.1. The van der Waals surface area contributed by atoms with Crippen molar-refractivity contribution in [1.82, 2.24) is 0 Å². The Morgan fingerprint density at radius 3 is 1.95 bits per heavy atom. The van der Waals surface area contributed by atoms with Gasteiger partial charge < -0.3 is 9.47 Å². The van der Waals surface area contributed by atoms with Crippen LogP contribution in [-0.4, -0.2) is 27.3 Å². The van der Waals surface area contributed by atoms with Crippen LogP contribution in [0.1, 0.15) is 37.2 Å². The summed E-state index contributed by atoms with van der Waals surface area (Å²) in [6.07, 6.45) is 5.34. The van der Waals surface area contributed by atoms with Gasteiger partial charge in [0.1, 0.15) is 5.75 Å². The van der Waals surface area contributed by atoms with Crippen molar-refractivity contribution >= 4 is 0 Å². The molecule has 0 aliphatic heterocycles. The van der Waals surface area contributed by atoms with Crippen LogP contribution in [0.5, 0.6) is 5.75 Å².